The maximum Gasteiger partial charge on any atom is 0.472 e. The summed E-state index contributed by atoms with van der Waals surface area (Å²) in [6.45, 7) is 8.37. The lowest BCUT2D eigenvalue weighted by Gasteiger charge is -2.20. The summed E-state index contributed by atoms with van der Waals surface area (Å²) in [4.78, 5) is 9.77. The van der Waals surface area contributed by atoms with Crippen molar-refractivity contribution in [3.05, 3.63) is 0 Å². The van der Waals surface area contributed by atoms with Gasteiger partial charge in [-0.05, 0) is 24.7 Å². The van der Waals surface area contributed by atoms with Crippen LogP contribution in [0.4, 0.5) is 0 Å². The summed E-state index contributed by atoms with van der Waals surface area (Å²) in [7, 11) is -3.89. The molecule has 0 spiro atoms. The molecule has 0 aliphatic rings. The zero-order chi connectivity index (χ0) is 21.1. The minimum Gasteiger partial charge on any atom is -0.394 e. The van der Waals surface area contributed by atoms with E-state index in [1.54, 1.807) is 0 Å². The molecule has 0 amide bonds. The van der Waals surface area contributed by atoms with Crippen LogP contribution in [0, 0.1) is 11.8 Å². The van der Waals surface area contributed by atoms with Gasteiger partial charge in [0, 0.05) is 0 Å². The largest absolute Gasteiger partial charge is 0.472 e. The van der Waals surface area contributed by atoms with E-state index < -0.39 is 13.9 Å². The van der Waals surface area contributed by atoms with Crippen LogP contribution in [0.1, 0.15) is 79.1 Å². The van der Waals surface area contributed by atoms with E-state index >= 15 is 0 Å². The Morgan fingerprint density at radius 3 is 1.41 bits per heavy atom. The van der Waals surface area contributed by atoms with Crippen LogP contribution in [-0.2, 0) is 13.6 Å². The second-order valence-corrected chi connectivity index (χ2v) is 8.37. The maximum atomic E-state index is 11.9. The number of aliphatic hydroxyl groups is 3. The molecule has 0 aromatic carbocycles. The first-order chi connectivity index (χ1) is 12.8. The Kier molecular flexibility index (Phi) is 20.9. The van der Waals surface area contributed by atoms with Gasteiger partial charge in [-0.3, -0.25) is 9.05 Å². The average molecular weight is 415 g/mol. The smallest absolute Gasteiger partial charge is 0.394 e. The number of hydrogen-bond acceptors (Lipinski definition) is 6. The van der Waals surface area contributed by atoms with E-state index in [-0.39, 0.29) is 13.2 Å². The molecule has 27 heavy (non-hydrogen) atoms. The van der Waals surface area contributed by atoms with Crippen LogP contribution in [-0.4, -0.2) is 52.7 Å². The highest BCUT2D eigenvalue weighted by molar-refractivity contribution is 7.47. The molecule has 0 radical (unpaired) electrons. The predicted octanol–water partition coefficient (Wildman–Crippen LogP) is 3.88. The molecule has 7 nitrogen and oxygen atoms in total. The third-order valence-corrected chi connectivity index (χ3v) is 5.41. The third-order valence-electron chi connectivity index (χ3n) is 4.45. The van der Waals surface area contributed by atoms with Crippen LogP contribution in [0.15, 0.2) is 0 Å². The predicted molar refractivity (Wildman–Crippen MR) is 109 cm³/mol. The van der Waals surface area contributed by atoms with Crippen LogP contribution in [0.5, 0.6) is 0 Å². The molecule has 0 rings (SSSR count). The molecule has 0 aliphatic heterocycles. The van der Waals surface area contributed by atoms with E-state index in [4.69, 9.17) is 24.4 Å². The zero-order valence-electron chi connectivity index (χ0n) is 17.7. The van der Waals surface area contributed by atoms with Crippen molar-refractivity contribution in [2.75, 3.05) is 26.4 Å². The third kappa shape index (κ3) is 19.1. The summed E-state index contributed by atoms with van der Waals surface area (Å²) in [6, 6.07) is 0. The molecule has 0 aliphatic carbocycles. The van der Waals surface area contributed by atoms with Crippen molar-refractivity contribution in [2.24, 2.45) is 11.8 Å². The van der Waals surface area contributed by atoms with Crippen molar-refractivity contribution in [1.82, 2.24) is 0 Å². The molecule has 0 aromatic rings. The van der Waals surface area contributed by atoms with Crippen LogP contribution >= 0.6 is 7.82 Å². The van der Waals surface area contributed by atoms with Gasteiger partial charge in [0.2, 0.25) is 0 Å². The second kappa shape index (κ2) is 19.3. The first-order valence-corrected chi connectivity index (χ1v) is 11.8. The van der Waals surface area contributed by atoms with Crippen LogP contribution in [0.3, 0.4) is 0 Å². The molecule has 0 saturated carbocycles. The van der Waals surface area contributed by atoms with Crippen molar-refractivity contribution < 1.29 is 33.8 Å². The van der Waals surface area contributed by atoms with Crippen LogP contribution in [0.2, 0.25) is 0 Å². The standard InChI is InChI=1S/C16H35O4P.C3H8O3/c1-5-9-11-15(7-3)13-19-21(17,18)20-14-16(8-4)12-10-6-2;4-1-3(6)2-5/h15-16H,5-14H2,1-4H3,(H,17,18);3-6H,1-2H2. The molecule has 4 N–H and O–H groups in total. The van der Waals surface area contributed by atoms with Crippen molar-refractivity contribution in [1.29, 1.82) is 0 Å². The summed E-state index contributed by atoms with van der Waals surface area (Å²) in [5.74, 6) is 0.687. The van der Waals surface area contributed by atoms with Crippen LogP contribution in [0.25, 0.3) is 0 Å². The molecule has 2 atom stereocenters. The summed E-state index contributed by atoms with van der Waals surface area (Å²) in [5.41, 5.74) is 0. The summed E-state index contributed by atoms with van der Waals surface area (Å²) in [6.07, 6.45) is 7.61. The molecule has 0 bridgehead atoms. The number of aliphatic hydroxyl groups excluding tert-OH is 3. The summed E-state index contributed by atoms with van der Waals surface area (Å²) in [5, 5.41) is 24.0. The Balaban J connectivity index is 0. The van der Waals surface area contributed by atoms with Gasteiger partial charge in [-0.25, -0.2) is 4.57 Å². The quantitative estimate of drug-likeness (QED) is 0.283. The topological polar surface area (TPSA) is 116 Å². The molecular formula is C19H43O7P. The van der Waals surface area contributed by atoms with E-state index in [1.165, 1.54) is 0 Å². The van der Waals surface area contributed by atoms with Crippen molar-refractivity contribution in [2.45, 2.75) is 85.2 Å². The van der Waals surface area contributed by atoms with E-state index in [0.717, 1.165) is 51.4 Å². The first-order valence-electron chi connectivity index (χ1n) is 10.3. The lowest BCUT2D eigenvalue weighted by Crippen LogP contribution is -2.15. The summed E-state index contributed by atoms with van der Waals surface area (Å²) < 4.78 is 22.2. The fourth-order valence-corrected chi connectivity index (χ4v) is 3.16. The molecule has 8 heteroatoms. The monoisotopic (exact) mass is 414 g/mol. The molecule has 0 aromatic heterocycles. The van der Waals surface area contributed by atoms with E-state index in [1.807, 2.05) is 0 Å². The SMILES string of the molecule is CCCCC(CC)COP(=O)(O)OCC(CC)CCCC.OCC(O)CO. The fourth-order valence-electron chi connectivity index (χ4n) is 2.29. The van der Waals surface area contributed by atoms with E-state index in [9.17, 15) is 9.46 Å². The molecule has 2 unspecified atom stereocenters. The molecular weight excluding hydrogens is 371 g/mol. The lowest BCUT2D eigenvalue weighted by molar-refractivity contribution is 0.0450. The summed E-state index contributed by atoms with van der Waals surface area (Å²) >= 11 is 0. The number of hydrogen-bond donors (Lipinski definition) is 4. The number of phosphoric ester groups is 1. The highest BCUT2D eigenvalue weighted by Gasteiger charge is 2.24. The van der Waals surface area contributed by atoms with E-state index in [0.29, 0.717) is 25.0 Å². The highest BCUT2D eigenvalue weighted by atomic mass is 31.2. The van der Waals surface area contributed by atoms with Crippen molar-refractivity contribution in [3.8, 4) is 0 Å². The van der Waals surface area contributed by atoms with Gasteiger partial charge in [-0.2, -0.15) is 0 Å². The minimum atomic E-state index is -3.89. The fraction of sp³-hybridized carbons (Fsp3) is 1.00. The van der Waals surface area contributed by atoms with Gasteiger partial charge >= 0.3 is 7.82 Å². The Bertz CT molecular complexity index is 327. The number of rotatable bonds is 16. The first kappa shape index (κ1) is 29.2. The maximum absolute atomic E-state index is 11.9. The van der Waals surface area contributed by atoms with Gasteiger partial charge in [0.05, 0.1) is 26.4 Å². The highest BCUT2D eigenvalue weighted by Crippen LogP contribution is 2.44. The zero-order valence-corrected chi connectivity index (χ0v) is 18.6. The van der Waals surface area contributed by atoms with E-state index in [2.05, 4.69) is 27.7 Å². The van der Waals surface area contributed by atoms with Gasteiger partial charge < -0.3 is 20.2 Å². The number of unbranched alkanes of at least 4 members (excludes halogenated alkanes) is 2. The minimum absolute atomic E-state index is 0.316. The molecule has 166 valence electrons. The number of phosphoric acid groups is 1. The molecule has 0 fully saturated rings. The van der Waals surface area contributed by atoms with Gasteiger partial charge in [-0.1, -0.05) is 66.2 Å². The average Bonchev–Trinajstić information content (AvgIpc) is 2.68. The van der Waals surface area contributed by atoms with Gasteiger partial charge in [0.1, 0.15) is 6.10 Å². The Labute approximate surface area is 165 Å². The van der Waals surface area contributed by atoms with Crippen molar-refractivity contribution in [3.63, 3.8) is 0 Å². The van der Waals surface area contributed by atoms with Crippen molar-refractivity contribution >= 4 is 7.82 Å². The van der Waals surface area contributed by atoms with Crippen LogP contribution < -0.4 is 0 Å². The molecule has 0 saturated heterocycles. The normalized spacial score (nSPS) is 15.7. The van der Waals surface area contributed by atoms with Gasteiger partial charge in [0.25, 0.3) is 0 Å². The van der Waals surface area contributed by atoms with Gasteiger partial charge in [0.15, 0.2) is 0 Å². The second-order valence-electron chi connectivity index (χ2n) is 6.91. The lowest BCUT2D eigenvalue weighted by atomic mass is 10.0. The Morgan fingerprint density at radius 1 is 0.815 bits per heavy atom. The van der Waals surface area contributed by atoms with Gasteiger partial charge in [-0.15, -0.1) is 0 Å². The Morgan fingerprint density at radius 2 is 1.19 bits per heavy atom. The molecule has 0 heterocycles. The Hall–Kier alpha value is -0.0100.